The predicted octanol–water partition coefficient (Wildman–Crippen LogP) is 5.48. The van der Waals surface area contributed by atoms with Crippen molar-refractivity contribution in [1.82, 2.24) is 9.55 Å². The van der Waals surface area contributed by atoms with Gasteiger partial charge in [-0.1, -0.05) is 50.6 Å². The van der Waals surface area contributed by atoms with Crippen LogP contribution in [0.3, 0.4) is 0 Å². The normalized spacial score (nSPS) is 16.2. The number of halogens is 1. The van der Waals surface area contributed by atoms with Crippen molar-refractivity contribution in [3.63, 3.8) is 0 Å². The van der Waals surface area contributed by atoms with E-state index in [1.165, 1.54) is 32.1 Å². The molecule has 2 aliphatic rings. The summed E-state index contributed by atoms with van der Waals surface area (Å²) in [5.41, 5.74) is 1.80. The van der Waals surface area contributed by atoms with E-state index in [0.29, 0.717) is 46.8 Å². The monoisotopic (exact) mass is 432 g/mol. The number of aryl methyl sites for hydroxylation is 2. The number of hydrogen-bond donors (Lipinski definition) is 1. The smallest absolute Gasteiger partial charge is 0.354 e. The quantitative estimate of drug-likeness (QED) is 0.598. The van der Waals surface area contributed by atoms with Gasteiger partial charge in [-0.25, -0.2) is 9.78 Å². The van der Waals surface area contributed by atoms with Gasteiger partial charge in [-0.3, -0.25) is 0 Å². The fraction of sp³-hybridized carbons (Fsp3) is 0.565. The van der Waals surface area contributed by atoms with E-state index in [0.717, 1.165) is 30.7 Å². The Bertz CT molecular complexity index is 918. The van der Waals surface area contributed by atoms with Crippen LogP contribution in [0.1, 0.15) is 79.4 Å². The fourth-order valence-electron chi connectivity index (χ4n) is 4.62. The van der Waals surface area contributed by atoms with E-state index in [1.807, 2.05) is 10.6 Å². The second-order valence-electron chi connectivity index (χ2n) is 8.30. The molecule has 0 atom stereocenters. The lowest BCUT2D eigenvalue weighted by atomic mass is 9.85. The van der Waals surface area contributed by atoms with E-state index in [9.17, 15) is 9.90 Å². The highest BCUT2D eigenvalue weighted by Crippen LogP contribution is 2.37. The number of ether oxygens (including phenoxy) is 2. The molecule has 1 aliphatic carbocycles. The number of rotatable bonds is 8. The third-order valence-electron chi connectivity index (χ3n) is 6.18. The Labute approximate surface area is 182 Å². The number of carboxylic acids is 1. The number of carbonyl (C=O) groups is 1. The Morgan fingerprint density at radius 3 is 2.63 bits per heavy atom. The number of imidazole rings is 1. The van der Waals surface area contributed by atoms with E-state index in [2.05, 4.69) is 6.92 Å². The molecule has 1 saturated carbocycles. The maximum Gasteiger partial charge on any atom is 0.354 e. The SMILES string of the molecule is CCCc1nc(CCC2CCCCC2)c(C(=O)O)n1Cc1cc2c(cc1Cl)OCO2. The zero-order chi connectivity index (χ0) is 21.1. The van der Waals surface area contributed by atoms with Crippen LogP contribution in [0.4, 0.5) is 0 Å². The van der Waals surface area contributed by atoms with Gasteiger partial charge in [-0.15, -0.1) is 0 Å². The van der Waals surface area contributed by atoms with Crippen LogP contribution in [-0.4, -0.2) is 27.4 Å². The highest BCUT2D eigenvalue weighted by Gasteiger charge is 2.25. The summed E-state index contributed by atoms with van der Waals surface area (Å²) in [7, 11) is 0. The Morgan fingerprint density at radius 1 is 1.20 bits per heavy atom. The van der Waals surface area contributed by atoms with E-state index in [-0.39, 0.29) is 6.79 Å². The standard InChI is InChI=1S/C23H29ClN2O4/c1-2-6-21-25-18(10-9-15-7-4-3-5-8-15)22(23(27)28)26(21)13-16-11-19-20(12-17(16)24)30-14-29-19/h11-12,15H,2-10,13-14H2,1H3,(H,27,28). The maximum atomic E-state index is 12.2. The molecule has 30 heavy (non-hydrogen) atoms. The topological polar surface area (TPSA) is 73.6 Å². The summed E-state index contributed by atoms with van der Waals surface area (Å²) in [6.07, 6.45) is 9.73. The minimum atomic E-state index is -0.930. The molecule has 162 valence electrons. The predicted molar refractivity (Wildman–Crippen MR) is 115 cm³/mol. The summed E-state index contributed by atoms with van der Waals surface area (Å²) >= 11 is 6.47. The van der Waals surface area contributed by atoms with Gasteiger partial charge >= 0.3 is 5.97 Å². The summed E-state index contributed by atoms with van der Waals surface area (Å²) in [6.45, 7) is 2.60. The van der Waals surface area contributed by atoms with Gasteiger partial charge in [0, 0.05) is 17.5 Å². The number of aromatic nitrogens is 2. The van der Waals surface area contributed by atoms with Gasteiger partial charge in [-0.2, -0.15) is 0 Å². The summed E-state index contributed by atoms with van der Waals surface area (Å²) in [5, 5.41) is 10.6. The van der Waals surface area contributed by atoms with Crippen LogP contribution in [0.5, 0.6) is 11.5 Å². The molecule has 1 aromatic heterocycles. The van der Waals surface area contributed by atoms with Crippen molar-refractivity contribution in [2.24, 2.45) is 5.92 Å². The molecule has 1 aliphatic heterocycles. The van der Waals surface area contributed by atoms with Crippen molar-refractivity contribution in [2.75, 3.05) is 6.79 Å². The molecule has 0 radical (unpaired) electrons. The molecular formula is C23H29ClN2O4. The molecule has 6 nitrogen and oxygen atoms in total. The molecule has 7 heteroatoms. The molecule has 1 aromatic carbocycles. The lowest BCUT2D eigenvalue weighted by Gasteiger charge is -2.21. The molecule has 2 aromatic rings. The Balaban J connectivity index is 1.63. The van der Waals surface area contributed by atoms with Crippen molar-refractivity contribution in [2.45, 2.75) is 71.3 Å². The number of hydrogen-bond acceptors (Lipinski definition) is 4. The summed E-state index contributed by atoms with van der Waals surface area (Å²) < 4.78 is 12.7. The van der Waals surface area contributed by atoms with Gasteiger partial charge in [0.15, 0.2) is 17.2 Å². The molecule has 4 rings (SSSR count). The van der Waals surface area contributed by atoms with Gasteiger partial charge in [0.25, 0.3) is 0 Å². The molecule has 2 heterocycles. The Hall–Kier alpha value is -2.21. The highest BCUT2D eigenvalue weighted by atomic mass is 35.5. The van der Waals surface area contributed by atoms with Crippen LogP contribution >= 0.6 is 11.6 Å². The average molecular weight is 433 g/mol. The highest BCUT2D eigenvalue weighted by molar-refractivity contribution is 6.31. The molecule has 1 fully saturated rings. The lowest BCUT2D eigenvalue weighted by Crippen LogP contribution is -2.15. The molecule has 0 bridgehead atoms. The minimum Gasteiger partial charge on any atom is -0.477 e. The van der Waals surface area contributed by atoms with Crippen LogP contribution in [0.25, 0.3) is 0 Å². The van der Waals surface area contributed by atoms with Gasteiger partial charge in [0.1, 0.15) is 5.82 Å². The second kappa shape index (κ2) is 9.29. The number of carboxylic acid groups (broad SMARTS) is 1. The molecule has 0 spiro atoms. The van der Waals surface area contributed by atoms with Crippen molar-refractivity contribution >= 4 is 17.6 Å². The van der Waals surface area contributed by atoms with E-state index in [4.69, 9.17) is 26.1 Å². The van der Waals surface area contributed by atoms with Crippen LogP contribution in [0.15, 0.2) is 12.1 Å². The molecule has 0 saturated heterocycles. The number of fused-ring (bicyclic) bond motifs is 1. The third-order valence-corrected chi connectivity index (χ3v) is 6.53. The first kappa shape index (κ1) is 21.0. The largest absolute Gasteiger partial charge is 0.477 e. The fourth-order valence-corrected chi connectivity index (χ4v) is 4.83. The van der Waals surface area contributed by atoms with Crippen LogP contribution in [0, 0.1) is 5.92 Å². The summed E-state index contributed by atoms with van der Waals surface area (Å²) in [4.78, 5) is 17.0. The number of benzene rings is 1. The van der Waals surface area contributed by atoms with E-state index in [1.54, 1.807) is 6.07 Å². The van der Waals surface area contributed by atoms with Crippen molar-refractivity contribution in [3.05, 3.63) is 39.9 Å². The molecule has 0 amide bonds. The zero-order valence-corrected chi connectivity index (χ0v) is 18.2. The first-order valence-electron chi connectivity index (χ1n) is 11.0. The third kappa shape index (κ3) is 4.43. The maximum absolute atomic E-state index is 12.2. The lowest BCUT2D eigenvalue weighted by molar-refractivity contribution is 0.0683. The Morgan fingerprint density at radius 2 is 1.93 bits per heavy atom. The van der Waals surface area contributed by atoms with E-state index >= 15 is 0 Å². The average Bonchev–Trinajstić information content (AvgIpc) is 3.32. The first-order valence-corrected chi connectivity index (χ1v) is 11.3. The Kier molecular flexibility index (Phi) is 6.52. The van der Waals surface area contributed by atoms with Crippen molar-refractivity contribution in [3.8, 4) is 11.5 Å². The van der Waals surface area contributed by atoms with Gasteiger partial charge in [-0.05, 0) is 36.8 Å². The molecular weight excluding hydrogens is 404 g/mol. The summed E-state index contributed by atoms with van der Waals surface area (Å²) in [6, 6.07) is 3.58. The summed E-state index contributed by atoms with van der Waals surface area (Å²) in [5.74, 6) is 1.82. The van der Waals surface area contributed by atoms with E-state index < -0.39 is 5.97 Å². The zero-order valence-electron chi connectivity index (χ0n) is 17.5. The first-order chi connectivity index (χ1) is 14.6. The van der Waals surface area contributed by atoms with Crippen LogP contribution in [0.2, 0.25) is 5.02 Å². The van der Waals surface area contributed by atoms with Gasteiger partial charge in [0.2, 0.25) is 6.79 Å². The van der Waals surface area contributed by atoms with Gasteiger partial charge < -0.3 is 19.1 Å². The van der Waals surface area contributed by atoms with Crippen molar-refractivity contribution in [1.29, 1.82) is 0 Å². The molecule has 1 N–H and O–H groups in total. The molecule has 0 unspecified atom stereocenters. The number of aromatic carboxylic acids is 1. The number of nitrogens with zero attached hydrogens (tertiary/aromatic N) is 2. The van der Waals surface area contributed by atoms with Gasteiger partial charge in [0.05, 0.1) is 12.2 Å². The second-order valence-corrected chi connectivity index (χ2v) is 8.71. The van der Waals surface area contributed by atoms with Crippen LogP contribution < -0.4 is 9.47 Å². The van der Waals surface area contributed by atoms with Crippen LogP contribution in [-0.2, 0) is 19.4 Å². The van der Waals surface area contributed by atoms with Crippen molar-refractivity contribution < 1.29 is 19.4 Å². The minimum absolute atomic E-state index is 0.174.